The molecule has 7 heteroatoms. The summed E-state index contributed by atoms with van der Waals surface area (Å²) in [7, 11) is 3.20. The lowest BCUT2D eigenvalue weighted by molar-refractivity contribution is 0.355. The Morgan fingerprint density at radius 2 is 2.10 bits per heavy atom. The lowest BCUT2D eigenvalue weighted by atomic mass is 10.1. The lowest BCUT2D eigenvalue weighted by Crippen LogP contribution is -2.23. The van der Waals surface area contributed by atoms with Gasteiger partial charge in [0.05, 0.1) is 19.9 Å². The van der Waals surface area contributed by atoms with Crippen LogP contribution in [0, 0.1) is 5.41 Å². The third-order valence-corrected chi connectivity index (χ3v) is 3.54. The van der Waals surface area contributed by atoms with Crippen LogP contribution in [0.2, 0.25) is 0 Å². The van der Waals surface area contributed by atoms with Gasteiger partial charge in [-0.2, -0.15) is 9.78 Å². The van der Waals surface area contributed by atoms with Gasteiger partial charge in [0.25, 0.3) is 0 Å². The smallest absolute Gasteiger partial charge is 0.215 e. The summed E-state index contributed by atoms with van der Waals surface area (Å²) in [6.07, 6.45) is 0.853. The van der Waals surface area contributed by atoms with Crippen molar-refractivity contribution >= 4 is 11.8 Å². The number of benzene rings is 1. The quantitative estimate of drug-likeness (QED) is 0.583. The first kappa shape index (κ1) is 13.3. The third-order valence-electron chi connectivity index (χ3n) is 3.54. The van der Waals surface area contributed by atoms with Crippen LogP contribution in [0.5, 0.6) is 11.5 Å². The van der Waals surface area contributed by atoms with E-state index in [1.165, 1.54) is 4.68 Å². The molecule has 0 atom stereocenters. The molecular weight excluding hydrogens is 270 g/mol. The molecule has 0 aliphatic carbocycles. The highest BCUT2D eigenvalue weighted by atomic mass is 16.5. The number of methoxy groups -OCH3 is 2. The molecule has 0 unspecified atom stereocenters. The van der Waals surface area contributed by atoms with Gasteiger partial charge >= 0.3 is 0 Å². The largest absolute Gasteiger partial charge is 0.493 e. The van der Waals surface area contributed by atoms with Gasteiger partial charge in [0.15, 0.2) is 11.5 Å². The van der Waals surface area contributed by atoms with Gasteiger partial charge in [0.2, 0.25) is 5.96 Å². The monoisotopic (exact) mass is 287 g/mol. The Labute approximate surface area is 122 Å². The van der Waals surface area contributed by atoms with Crippen LogP contribution in [-0.2, 0) is 6.42 Å². The fourth-order valence-electron chi connectivity index (χ4n) is 2.56. The van der Waals surface area contributed by atoms with E-state index in [9.17, 15) is 0 Å². The van der Waals surface area contributed by atoms with Gasteiger partial charge in [-0.25, -0.2) is 0 Å². The number of ether oxygens (including phenoxy) is 2. The van der Waals surface area contributed by atoms with Crippen LogP contribution in [0.25, 0.3) is 11.3 Å². The molecular formula is C14H17N5O2. The van der Waals surface area contributed by atoms with E-state index in [0.29, 0.717) is 11.5 Å². The average Bonchev–Trinajstić information content (AvgIpc) is 3.08. The molecule has 2 aromatic rings. The van der Waals surface area contributed by atoms with E-state index in [2.05, 4.69) is 10.4 Å². The molecule has 1 aromatic carbocycles. The van der Waals surface area contributed by atoms with Crippen molar-refractivity contribution in [3.05, 3.63) is 23.8 Å². The number of nitrogens with zero attached hydrogens (tertiary/aromatic N) is 2. The van der Waals surface area contributed by atoms with Crippen molar-refractivity contribution in [2.24, 2.45) is 5.73 Å². The summed E-state index contributed by atoms with van der Waals surface area (Å²) in [4.78, 5) is 0. The molecule has 110 valence electrons. The van der Waals surface area contributed by atoms with Gasteiger partial charge in [0.1, 0.15) is 5.82 Å². The second-order valence-electron chi connectivity index (χ2n) is 4.72. The van der Waals surface area contributed by atoms with Crippen LogP contribution >= 0.6 is 0 Å². The average molecular weight is 287 g/mol. The van der Waals surface area contributed by atoms with Crippen molar-refractivity contribution < 1.29 is 9.47 Å². The molecule has 1 aliphatic rings. The van der Waals surface area contributed by atoms with Crippen LogP contribution in [0.3, 0.4) is 0 Å². The summed E-state index contributed by atoms with van der Waals surface area (Å²) in [5.41, 5.74) is 8.37. The van der Waals surface area contributed by atoms with E-state index in [1.807, 2.05) is 18.2 Å². The molecule has 0 saturated carbocycles. The maximum absolute atomic E-state index is 7.62. The summed E-state index contributed by atoms with van der Waals surface area (Å²) in [6.45, 7) is 0.820. The van der Waals surface area contributed by atoms with Gasteiger partial charge in [-0.1, -0.05) is 0 Å². The van der Waals surface area contributed by atoms with Crippen LogP contribution in [0.1, 0.15) is 5.56 Å². The first-order valence-corrected chi connectivity index (χ1v) is 6.58. The van der Waals surface area contributed by atoms with E-state index in [-0.39, 0.29) is 5.96 Å². The molecule has 21 heavy (non-hydrogen) atoms. The number of aromatic nitrogens is 2. The van der Waals surface area contributed by atoms with Crippen LogP contribution in [0.15, 0.2) is 18.2 Å². The van der Waals surface area contributed by atoms with Crippen LogP contribution in [-0.4, -0.2) is 36.5 Å². The number of fused-ring (bicyclic) bond motifs is 1. The predicted octanol–water partition coefficient (Wildman–Crippen LogP) is 1.28. The predicted molar refractivity (Wildman–Crippen MR) is 80.3 cm³/mol. The number of nitrogens with two attached hydrogens (primary N) is 1. The standard InChI is InChI=1S/C14H17N5O2/c1-20-10-4-3-8(7-11(10)21-2)12-9-5-6-17-13(9)19(18-12)14(15)16/h3-4,7,17H,5-6H2,1-2H3,(H3,15,16). The number of nitrogens with one attached hydrogen (secondary N) is 2. The molecule has 0 amide bonds. The van der Waals surface area contributed by atoms with E-state index in [4.69, 9.17) is 20.6 Å². The van der Waals surface area contributed by atoms with Gasteiger partial charge in [0, 0.05) is 17.7 Å². The van der Waals surface area contributed by atoms with E-state index >= 15 is 0 Å². The minimum absolute atomic E-state index is 0.104. The zero-order chi connectivity index (χ0) is 15.0. The molecule has 1 aliphatic heterocycles. The minimum atomic E-state index is -0.104. The van der Waals surface area contributed by atoms with Crippen LogP contribution < -0.4 is 20.5 Å². The number of hydrogen-bond donors (Lipinski definition) is 3. The van der Waals surface area contributed by atoms with Gasteiger partial charge < -0.3 is 20.5 Å². The SMILES string of the molecule is COc1ccc(-c2nn(C(=N)N)c3c2CCN3)cc1OC. The first-order valence-electron chi connectivity index (χ1n) is 6.58. The van der Waals surface area contributed by atoms with Crippen molar-refractivity contribution in [3.63, 3.8) is 0 Å². The molecule has 0 fully saturated rings. The zero-order valence-corrected chi connectivity index (χ0v) is 11.9. The fraction of sp³-hybridized carbons (Fsp3) is 0.286. The maximum Gasteiger partial charge on any atom is 0.215 e. The Hall–Kier alpha value is -2.70. The van der Waals surface area contributed by atoms with E-state index in [0.717, 1.165) is 35.6 Å². The first-order chi connectivity index (χ1) is 10.2. The van der Waals surface area contributed by atoms with Gasteiger partial charge in [-0.3, -0.25) is 5.41 Å². The molecule has 0 bridgehead atoms. The second-order valence-corrected chi connectivity index (χ2v) is 4.72. The molecule has 0 saturated heterocycles. The fourth-order valence-corrected chi connectivity index (χ4v) is 2.56. The van der Waals surface area contributed by atoms with Crippen molar-refractivity contribution in [3.8, 4) is 22.8 Å². The highest BCUT2D eigenvalue weighted by Gasteiger charge is 2.24. The van der Waals surface area contributed by atoms with Gasteiger partial charge in [-0.05, 0) is 24.6 Å². The second kappa shape index (κ2) is 5.01. The van der Waals surface area contributed by atoms with Crippen molar-refractivity contribution in [2.45, 2.75) is 6.42 Å². The molecule has 4 N–H and O–H groups in total. The van der Waals surface area contributed by atoms with Crippen LogP contribution in [0.4, 0.5) is 5.82 Å². The summed E-state index contributed by atoms with van der Waals surface area (Å²) < 4.78 is 12.0. The Bertz CT molecular complexity index is 708. The van der Waals surface area contributed by atoms with E-state index < -0.39 is 0 Å². The van der Waals surface area contributed by atoms with Gasteiger partial charge in [-0.15, -0.1) is 0 Å². The summed E-state index contributed by atoms with van der Waals surface area (Å²) in [5, 5.41) is 15.3. The molecule has 1 aromatic heterocycles. The number of hydrogen-bond acceptors (Lipinski definition) is 5. The Morgan fingerprint density at radius 1 is 1.33 bits per heavy atom. The summed E-state index contributed by atoms with van der Waals surface area (Å²) >= 11 is 0. The molecule has 3 rings (SSSR count). The Morgan fingerprint density at radius 3 is 2.76 bits per heavy atom. The highest BCUT2D eigenvalue weighted by molar-refractivity contribution is 5.85. The lowest BCUT2D eigenvalue weighted by Gasteiger charge is -2.09. The molecule has 0 spiro atoms. The number of rotatable bonds is 3. The Kier molecular flexibility index (Phi) is 3.17. The van der Waals surface area contributed by atoms with E-state index in [1.54, 1.807) is 14.2 Å². The van der Waals surface area contributed by atoms with Crippen molar-refractivity contribution in [2.75, 3.05) is 26.1 Å². The zero-order valence-electron chi connectivity index (χ0n) is 11.9. The summed E-state index contributed by atoms with van der Waals surface area (Å²) in [5.74, 6) is 2.01. The van der Waals surface area contributed by atoms with Crippen molar-refractivity contribution in [1.29, 1.82) is 5.41 Å². The maximum atomic E-state index is 7.62. The third kappa shape index (κ3) is 2.06. The minimum Gasteiger partial charge on any atom is -0.493 e. The molecule has 0 radical (unpaired) electrons. The molecule has 7 nitrogen and oxygen atoms in total. The normalized spacial score (nSPS) is 12.7. The summed E-state index contributed by atoms with van der Waals surface area (Å²) in [6, 6.07) is 5.65. The highest BCUT2D eigenvalue weighted by Crippen LogP contribution is 2.36. The topological polar surface area (TPSA) is 98.2 Å². The Balaban J connectivity index is 2.13. The number of nitrogen functional groups attached to an aromatic ring is 1. The molecule has 2 heterocycles. The number of anilines is 1. The van der Waals surface area contributed by atoms with Crippen molar-refractivity contribution in [1.82, 2.24) is 9.78 Å².